The van der Waals surface area contributed by atoms with E-state index < -0.39 is 115 Å². The number of aliphatic hydroxyl groups is 1. The van der Waals surface area contributed by atoms with E-state index in [1.807, 2.05) is 6.07 Å². The van der Waals surface area contributed by atoms with E-state index in [0.717, 1.165) is 10.9 Å². The number of aliphatic carboxylic acids is 1. The third-order valence-electron chi connectivity index (χ3n) is 10.6. The molecule has 70 heavy (non-hydrogen) atoms. The smallest absolute Gasteiger partial charge is 0.326 e. The molecule has 8 unspecified atom stereocenters. The van der Waals surface area contributed by atoms with Gasteiger partial charge >= 0.3 is 5.97 Å². The highest BCUT2D eigenvalue weighted by molar-refractivity contribution is 7.80. The van der Waals surface area contributed by atoms with Crippen LogP contribution < -0.4 is 48.3 Å². The summed E-state index contributed by atoms with van der Waals surface area (Å²) in [6, 6.07) is -3.36. The molecule has 25 nitrogen and oxygen atoms in total. The fourth-order valence-electron chi connectivity index (χ4n) is 6.86. The van der Waals surface area contributed by atoms with Crippen LogP contribution in [0.2, 0.25) is 0 Å². The predicted molar refractivity (Wildman–Crippen MR) is 259 cm³/mol. The molecule has 3 aromatic heterocycles. The number of rotatable bonds is 28. The maximum absolute atomic E-state index is 14.0. The first-order valence-corrected chi connectivity index (χ1v) is 23.3. The van der Waals surface area contributed by atoms with Crippen molar-refractivity contribution in [3.05, 3.63) is 72.5 Å². The van der Waals surface area contributed by atoms with Crippen molar-refractivity contribution in [2.24, 2.45) is 11.7 Å². The summed E-state index contributed by atoms with van der Waals surface area (Å²) in [5, 5.41) is 40.3. The number of nitrogens with one attached hydrogen (secondary N) is 11. The molecule has 0 aliphatic heterocycles. The lowest BCUT2D eigenvalue weighted by Crippen LogP contribution is -2.60. The van der Waals surface area contributed by atoms with E-state index in [2.05, 4.69) is 92.7 Å². The largest absolute Gasteiger partial charge is 0.480 e. The Morgan fingerprint density at radius 3 is 1.57 bits per heavy atom. The molecule has 8 amide bonds. The van der Waals surface area contributed by atoms with Gasteiger partial charge in [-0.2, -0.15) is 25.3 Å². The normalized spacial score (nSPS) is 14.6. The Hall–Kier alpha value is -6.97. The molecule has 15 N–H and O–H groups in total. The summed E-state index contributed by atoms with van der Waals surface area (Å²) >= 11 is 8.30. The number of aromatic amines is 3. The third-order valence-corrected chi connectivity index (χ3v) is 11.3. The number of carbonyl (C=O) groups excluding carboxylic acids is 8. The first-order chi connectivity index (χ1) is 33.3. The monoisotopic (exact) mass is 1010 g/mol. The van der Waals surface area contributed by atoms with E-state index in [1.54, 1.807) is 38.2 Å². The topological polar surface area (TPSA) is 389 Å². The second kappa shape index (κ2) is 27.3. The molecular weight excluding hydrogens is 953 g/mol. The zero-order valence-electron chi connectivity index (χ0n) is 38.5. The van der Waals surface area contributed by atoms with Crippen molar-refractivity contribution < 1.29 is 53.4 Å². The van der Waals surface area contributed by atoms with Gasteiger partial charge in [0.15, 0.2) is 0 Å². The summed E-state index contributed by atoms with van der Waals surface area (Å²) in [6.07, 6.45) is 6.97. The number of fused-ring (bicyclic) bond motifs is 1. The summed E-state index contributed by atoms with van der Waals surface area (Å²) in [4.78, 5) is 136. The van der Waals surface area contributed by atoms with Gasteiger partial charge in [-0.15, -0.1) is 0 Å². The maximum atomic E-state index is 14.0. The zero-order chi connectivity index (χ0) is 51.5. The number of nitrogens with two attached hydrogens (primary N) is 1. The average Bonchev–Trinajstić information content (AvgIpc) is 4.13. The average molecular weight is 1010 g/mol. The van der Waals surface area contributed by atoms with Crippen LogP contribution in [0.1, 0.15) is 44.1 Å². The molecule has 1 aromatic carbocycles. The molecule has 0 saturated carbocycles. The predicted octanol–water partition coefficient (Wildman–Crippen LogP) is -3.52. The van der Waals surface area contributed by atoms with E-state index in [4.69, 9.17) is 5.73 Å². The molecule has 0 spiro atoms. The number of hydrogen-bond acceptors (Lipinski definition) is 15. The number of carbonyl (C=O) groups is 9. The summed E-state index contributed by atoms with van der Waals surface area (Å²) < 4.78 is 0. The number of carboxylic acids is 1. The van der Waals surface area contributed by atoms with Gasteiger partial charge in [-0.25, -0.2) is 14.8 Å². The van der Waals surface area contributed by atoms with Crippen LogP contribution >= 0.6 is 25.3 Å². The Bertz CT molecular complexity index is 2420. The molecule has 0 bridgehead atoms. The Balaban J connectivity index is 1.44. The highest BCUT2D eigenvalue weighted by Gasteiger charge is 2.33. The molecular formula is C43H60N14O11S2. The van der Waals surface area contributed by atoms with Gasteiger partial charge in [0.25, 0.3) is 0 Å². The van der Waals surface area contributed by atoms with Crippen LogP contribution in [0, 0.1) is 5.92 Å². The van der Waals surface area contributed by atoms with Crippen LogP contribution in [-0.2, 0) is 62.4 Å². The molecule has 0 aliphatic rings. The van der Waals surface area contributed by atoms with Crippen LogP contribution in [0.15, 0.2) is 55.5 Å². The number of benzene rings is 1. The minimum Gasteiger partial charge on any atom is -0.480 e. The first kappa shape index (κ1) is 55.6. The minimum atomic E-state index is -1.66. The lowest BCUT2D eigenvalue weighted by molar-refractivity contribution is -0.142. The van der Waals surface area contributed by atoms with Crippen LogP contribution in [0.3, 0.4) is 0 Å². The lowest BCUT2D eigenvalue weighted by atomic mass is 10.0. The van der Waals surface area contributed by atoms with Gasteiger partial charge in [0, 0.05) is 71.6 Å². The number of aliphatic hydroxyl groups excluding tert-OH is 1. The number of nitrogens with zero attached hydrogens (tertiary/aromatic N) is 2. The maximum Gasteiger partial charge on any atom is 0.326 e. The number of H-pyrrole nitrogens is 3. The van der Waals surface area contributed by atoms with E-state index >= 15 is 0 Å². The fraction of sp³-hybridized carbons (Fsp3) is 0.465. The van der Waals surface area contributed by atoms with E-state index in [1.165, 1.54) is 32.0 Å². The van der Waals surface area contributed by atoms with Crippen molar-refractivity contribution in [2.75, 3.05) is 24.7 Å². The van der Waals surface area contributed by atoms with Crippen LogP contribution in [0.25, 0.3) is 10.9 Å². The molecule has 8 atom stereocenters. The number of carboxylic acid groups (broad SMARTS) is 1. The Kier molecular flexibility index (Phi) is 21.7. The quantitative estimate of drug-likeness (QED) is 0.0246. The highest BCUT2D eigenvalue weighted by Crippen LogP contribution is 2.19. The van der Waals surface area contributed by atoms with E-state index in [9.17, 15) is 53.4 Å². The standard InChI is InChI=1S/C43H60N14O11S2/c1-21(2)8-31(43(67)68)54-41(65)33(17-69)57-42(66)34(18-70)56-39(63)29(10-24-13-45-19-49-24)51-35(59)15-48-37(61)32(16-58)55-38(62)28(9-23-12-47-27-7-5-4-6-26(23)27)53-40(64)30(52-36(60)22(3)44)11-25-14-46-20-50-25/h4-7,12-14,19-22,28-34,47,58,69-70H,8-11,15-18,44H2,1-3H3,(H,45,49)(H,46,50)(H,48,61)(H,51,59)(H,52,60)(H,53,64)(H,54,65)(H,55,62)(H,56,63)(H,57,66)(H,67,68). The number of imidazole rings is 2. The van der Waals surface area contributed by atoms with Crippen LogP contribution in [-0.4, -0.2) is 161 Å². The fourth-order valence-corrected chi connectivity index (χ4v) is 7.37. The highest BCUT2D eigenvalue weighted by atomic mass is 32.1. The molecule has 4 rings (SSSR count). The summed E-state index contributed by atoms with van der Waals surface area (Å²) in [6.45, 7) is 3.26. The van der Waals surface area contributed by atoms with Crippen molar-refractivity contribution >= 4 is 89.4 Å². The van der Waals surface area contributed by atoms with Crippen molar-refractivity contribution in [2.45, 2.75) is 94.8 Å². The number of thiol groups is 2. The zero-order valence-corrected chi connectivity index (χ0v) is 40.3. The second-order valence-corrected chi connectivity index (χ2v) is 17.4. The number of para-hydroxylation sites is 1. The number of hydrogen-bond donors (Lipinski definition) is 16. The van der Waals surface area contributed by atoms with Gasteiger partial charge < -0.3 is 73.4 Å². The molecule has 0 radical (unpaired) electrons. The van der Waals surface area contributed by atoms with Crippen molar-refractivity contribution in [1.82, 2.24) is 67.5 Å². The number of aromatic nitrogens is 5. The van der Waals surface area contributed by atoms with Gasteiger partial charge in [0.2, 0.25) is 47.3 Å². The van der Waals surface area contributed by atoms with Crippen LogP contribution in [0.5, 0.6) is 0 Å². The molecule has 27 heteroatoms. The first-order valence-electron chi connectivity index (χ1n) is 22.0. The van der Waals surface area contributed by atoms with Gasteiger partial charge in [0.1, 0.15) is 42.3 Å². The second-order valence-electron chi connectivity index (χ2n) is 16.6. The van der Waals surface area contributed by atoms with Gasteiger partial charge in [-0.3, -0.25) is 38.4 Å². The molecule has 4 aromatic rings. The Labute approximate surface area is 412 Å². The van der Waals surface area contributed by atoms with Crippen molar-refractivity contribution in [3.8, 4) is 0 Å². The Morgan fingerprint density at radius 2 is 1.09 bits per heavy atom. The molecule has 380 valence electrons. The SMILES string of the molecule is CC(C)CC(NC(=O)C(CS)NC(=O)C(CS)NC(=O)C(Cc1cnc[nH]1)NC(=O)CNC(=O)C(CO)NC(=O)C(Cc1c[nH]c2ccccc12)NC(=O)C(Cc1cnc[nH]1)NC(=O)C(C)N)C(=O)O. The summed E-state index contributed by atoms with van der Waals surface area (Å²) in [7, 11) is 0. The third kappa shape index (κ3) is 16.9. The van der Waals surface area contributed by atoms with Crippen LogP contribution in [0.4, 0.5) is 0 Å². The van der Waals surface area contributed by atoms with Crippen molar-refractivity contribution in [3.63, 3.8) is 0 Å². The Morgan fingerprint density at radius 1 is 0.614 bits per heavy atom. The van der Waals surface area contributed by atoms with Gasteiger partial charge in [0.05, 0.1) is 31.8 Å². The molecule has 3 heterocycles. The minimum absolute atomic E-state index is 0.0570. The molecule has 0 aliphatic carbocycles. The summed E-state index contributed by atoms with van der Waals surface area (Å²) in [5.74, 6) is -8.67. The summed E-state index contributed by atoms with van der Waals surface area (Å²) in [5.41, 5.74) is 7.98. The van der Waals surface area contributed by atoms with E-state index in [0.29, 0.717) is 17.0 Å². The molecule has 0 saturated heterocycles. The van der Waals surface area contributed by atoms with Gasteiger partial charge in [-0.05, 0) is 30.9 Å². The van der Waals surface area contributed by atoms with Crippen molar-refractivity contribution in [1.29, 1.82) is 0 Å². The lowest BCUT2D eigenvalue weighted by Gasteiger charge is -2.25. The number of amides is 8. The molecule has 0 fully saturated rings. The van der Waals surface area contributed by atoms with E-state index in [-0.39, 0.29) is 43.1 Å². The van der Waals surface area contributed by atoms with Gasteiger partial charge in [-0.1, -0.05) is 32.0 Å².